The molecule has 0 radical (unpaired) electrons. The van der Waals surface area contributed by atoms with Gasteiger partial charge in [0.25, 0.3) is 5.91 Å². The molecule has 0 aliphatic carbocycles. The average molecular weight is 413 g/mol. The largest absolute Gasteiger partial charge is 0.457 e. The first-order valence-corrected chi connectivity index (χ1v) is 8.82. The molecule has 0 saturated heterocycles. The van der Waals surface area contributed by atoms with Gasteiger partial charge in [0, 0.05) is 28.7 Å². The van der Waals surface area contributed by atoms with E-state index in [2.05, 4.69) is 25.9 Å². The van der Waals surface area contributed by atoms with Crippen LogP contribution in [-0.4, -0.2) is 24.0 Å². The molecule has 1 heterocycles. The van der Waals surface area contributed by atoms with Crippen molar-refractivity contribution in [3.8, 4) is 11.5 Å². The summed E-state index contributed by atoms with van der Waals surface area (Å²) in [6.45, 7) is 0. The van der Waals surface area contributed by atoms with Crippen molar-refractivity contribution in [2.45, 2.75) is 0 Å². The van der Waals surface area contributed by atoms with E-state index in [-0.39, 0.29) is 11.7 Å². The third kappa shape index (κ3) is 5.93. The van der Waals surface area contributed by atoms with Gasteiger partial charge in [0.1, 0.15) is 17.2 Å². The lowest BCUT2D eigenvalue weighted by Crippen LogP contribution is -2.22. The monoisotopic (exact) mass is 412 g/mol. The number of pyridine rings is 1. The minimum Gasteiger partial charge on any atom is -0.457 e. The number of hydroxylamine groups is 1. The molecule has 29 heavy (non-hydrogen) atoms. The van der Waals surface area contributed by atoms with Crippen LogP contribution in [0, 0.1) is 0 Å². The third-order valence-electron chi connectivity index (χ3n) is 3.61. The molecule has 3 aromatic rings. The van der Waals surface area contributed by atoms with E-state index >= 15 is 0 Å². The van der Waals surface area contributed by atoms with E-state index in [1.807, 2.05) is 0 Å². The van der Waals surface area contributed by atoms with Crippen LogP contribution in [-0.2, 0) is 4.84 Å². The predicted octanol–water partition coefficient (Wildman–Crippen LogP) is 4.46. The standard InChI is InChI=1S/C20H17ClN4O4/c1-28-25-19(26)18-12-17(10-11-22-18)29-16-8-6-15(7-9-16)24-20(27)23-14-4-2-13(21)3-5-14/h2-12H,1H3,(H,25,26)(H2,23,24,27). The molecule has 0 bridgehead atoms. The van der Waals surface area contributed by atoms with Crippen LogP contribution < -0.4 is 20.9 Å². The highest BCUT2D eigenvalue weighted by atomic mass is 35.5. The summed E-state index contributed by atoms with van der Waals surface area (Å²) in [4.78, 5) is 32.3. The van der Waals surface area contributed by atoms with E-state index in [4.69, 9.17) is 16.3 Å². The Bertz CT molecular complexity index is 994. The molecule has 9 heteroatoms. The van der Waals surface area contributed by atoms with E-state index < -0.39 is 5.91 Å². The first-order chi connectivity index (χ1) is 14.0. The summed E-state index contributed by atoms with van der Waals surface area (Å²) in [7, 11) is 1.34. The summed E-state index contributed by atoms with van der Waals surface area (Å²) in [5.41, 5.74) is 3.55. The SMILES string of the molecule is CONC(=O)c1cc(Oc2ccc(NC(=O)Nc3ccc(Cl)cc3)cc2)ccn1. The highest BCUT2D eigenvalue weighted by molar-refractivity contribution is 6.30. The number of ether oxygens (including phenoxy) is 1. The average Bonchev–Trinajstić information content (AvgIpc) is 2.71. The number of aromatic nitrogens is 1. The van der Waals surface area contributed by atoms with Gasteiger partial charge in [-0.3, -0.25) is 14.6 Å². The molecule has 3 N–H and O–H groups in total. The number of nitrogens with one attached hydrogen (secondary N) is 3. The van der Waals surface area contributed by atoms with Crippen molar-refractivity contribution in [1.82, 2.24) is 10.5 Å². The first kappa shape index (κ1) is 20.1. The first-order valence-electron chi connectivity index (χ1n) is 8.44. The van der Waals surface area contributed by atoms with Crippen molar-refractivity contribution in [3.05, 3.63) is 77.6 Å². The molecule has 8 nitrogen and oxygen atoms in total. The zero-order chi connectivity index (χ0) is 20.6. The molecule has 0 atom stereocenters. The van der Waals surface area contributed by atoms with Crippen molar-refractivity contribution in [2.24, 2.45) is 0 Å². The summed E-state index contributed by atoms with van der Waals surface area (Å²) in [6.07, 6.45) is 1.46. The van der Waals surface area contributed by atoms with Gasteiger partial charge < -0.3 is 15.4 Å². The lowest BCUT2D eigenvalue weighted by Gasteiger charge is -2.10. The second-order valence-electron chi connectivity index (χ2n) is 5.72. The van der Waals surface area contributed by atoms with E-state index in [1.165, 1.54) is 19.4 Å². The lowest BCUT2D eigenvalue weighted by molar-refractivity contribution is 0.0532. The number of carbonyl (C=O) groups excluding carboxylic acids is 2. The maximum absolute atomic E-state index is 12.1. The minimum absolute atomic E-state index is 0.154. The number of hydrogen-bond donors (Lipinski definition) is 3. The van der Waals surface area contributed by atoms with Crippen LogP contribution in [0.15, 0.2) is 66.9 Å². The van der Waals surface area contributed by atoms with Crippen molar-refractivity contribution >= 4 is 34.9 Å². The Kier molecular flexibility index (Phi) is 6.62. The van der Waals surface area contributed by atoms with Gasteiger partial charge in [-0.2, -0.15) is 0 Å². The van der Waals surface area contributed by atoms with Crippen molar-refractivity contribution in [1.29, 1.82) is 0 Å². The summed E-state index contributed by atoms with van der Waals surface area (Å²) in [6, 6.07) is 16.3. The Labute approximate surface area is 171 Å². The number of rotatable bonds is 6. The van der Waals surface area contributed by atoms with Gasteiger partial charge in [0.15, 0.2) is 0 Å². The number of nitrogens with zero attached hydrogens (tertiary/aromatic N) is 1. The zero-order valence-corrected chi connectivity index (χ0v) is 16.1. The van der Waals surface area contributed by atoms with Gasteiger partial charge in [0.2, 0.25) is 0 Å². The highest BCUT2D eigenvalue weighted by Gasteiger charge is 2.09. The van der Waals surface area contributed by atoms with Gasteiger partial charge in [0.05, 0.1) is 7.11 Å². The molecule has 0 fully saturated rings. The molecule has 0 saturated carbocycles. The van der Waals surface area contributed by atoms with Gasteiger partial charge in [-0.25, -0.2) is 10.3 Å². The number of hydrogen-bond acceptors (Lipinski definition) is 5. The minimum atomic E-state index is -0.482. The molecule has 0 aliphatic heterocycles. The van der Waals surface area contributed by atoms with Crippen LogP contribution in [0.25, 0.3) is 0 Å². The molecule has 1 aromatic heterocycles. The number of carbonyl (C=O) groups is 2. The van der Waals surface area contributed by atoms with E-state index in [0.717, 1.165) is 0 Å². The maximum Gasteiger partial charge on any atom is 0.323 e. The summed E-state index contributed by atoms with van der Waals surface area (Å²) >= 11 is 5.82. The van der Waals surface area contributed by atoms with Crippen LogP contribution >= 0.6 is 11.6 Å². The number of benzene rings is 2. The smallest absolute Gasteiger partial charge is 0.323 e. The molecule has 0 unspecified atom stereocenters. The number of anilines is 2. The molecule has 3 rings (SSSR count). The topological polar surface area (TPSA) is 102 Å². The normalized spacial score (nSPS) is 10.1. The van der Waals surface area contributed by atoms with Crippen molar-refractivity contribution in [3.63, 3.8) is 0 Å². The molecular weight excluding hydrogens is 396 g/mol. The molecular formula is C20H17ClN4O4. The second-order valence-corrected chi connectivity index (χ2v) is 6.16. The Hall–Kier alpha value is -3.62. The van der Waals surface area contributed by atoms with E-state index in [9.17, 15) is 9.59 Å². The van der Waals surface area contributed by atoms with Gasteiger partial charge in [-0.15, -0.1) is 0 Å². The zero-order valence-electron chi connectivity index (χ0n) is 15.3. The summed E-state index contributed by atoms with van der Waals surface area (Å²) < 4.78 is 5.71. The van der Waals surface area contributed by atoms with E-state index in [0.29, 0.717) is 27.9 Å². The number of urea groups is 1. The van der Waals surface area contributed by atoms with Gasteiger partial charge in [-0.1, -0.05) is 11.6 Å². The van der Waals surface area contributed by atoms with Gasteiger partial charge >= 0.3 is 6.03 Å². The molecule has 148 valence electrons. The summed E-state index contributed by atoms with van der Waals surface area (Å²) in [5, 5.41) is 6.01. The van der Waals surface area contributed by atoms with Crippen LogP contribution in [0.4, 0.5) is 16.2 Å². The molecule has 2 aromatic carbocycles. The van der Waals surface area contributed by atoms with Gasteiger partial charge in [-0.05, 0) is 54.6 Å². The fourth-order valence-corrected chi connectivity index (χ4v) is 2.44. The molecule has 3 amide bonds. The second kappa shape index (κ2) is 9.54. The van der Waals surface area contributed by atoms with E-state index in [1.54, 1.807) is 54.6 Å². The maximum atomic E-state index is 12.1. The Balaban J connectivity index is 1.58. The van der Waals surface area contributed by atoms with Crippen LogP contribution in [0.3, 0.4) is 0 Å². The Morgan fingerprint density at radius 3 is 2.14 bits per heavy atom. The van der Waals surface area contributed by atoms with Crippen LogP contribution in [0.1, 0.15) is 10.5 Å². The predicted molar refractivity (Wildman–Crippen MR) is 109 cm³/mol. The fraction of sp³-hybridized carbons (Fsp3) is 0.0500. The van der Waals surface area contributed by atoms with Crippen LogP contribution in [0.2, 0.25) is 5.02 Å². The number of amides is 3. The third-order valence-corrected chi connectivity index (χ3v) is 3.86. The Morgan fingerprint density at radius 1 is 0.897 bits per heavy atom. The fourth-order valence-electron chi connectivity index (χ4n) is 2.31. The highest BCUT2D eigenvalue weighted by Crippen LogP contribution is 2.23. The quantitative estimate of drug-likeness (QED) is 0.519. The number of halogens is 1. The van der Waals surface area contributed by atoms with Crippen LogP contribution in [0.5, 0.6) is 11.5 Å². The van der Waals surface area contributed by atoms with Crippen molar-refractivity contribution in [2.75, 3.05) is 17.7 Å². The lowest BCUT2D eigenvalue weighted by atomic mass is 10.3. The summed E-state index contributed by atoms with van der Waals surface area (Å²) in [5.74, 6) is 0.476. The van der Waals surface area contributed by atoms with Crippen molar-refractivity contribution < 1.29 is 19.2 Å². The Morgan fingerprint density at radius 2 is 1.52 bits per heavy atom. The molecule has 0 spiro atoms. The molecule has 0 aliphatic rings.